The van der Waals surface area contributed by atoms with E-state index in [1.807, 2.05) is 24.3 Å². The summed E-state index contributed by atoms with van der Waals surface area (Å²) in [7, 11) is -0.338. The number of ether oxygens (including phenoxy) is 2. The number of amides is 1. The van der Waals surface area contributed by atoms with Gasteiger partial charge in [-0.15, -0.1) is 0 Å². The Hall–Kier alpha value is -1.37. The maximum absolute atomic E-state index is 12.8. The first-order valence-electron chi connectivity index (χ1n) is 11.6. The van der Waals surface area contributed by atoms with Crippen molar-refractivity contribution in [2.45, 2.75) is 90.8 Å². The summed E-state index contributed by atoms with van der Waals surface area (Å²) in [6.07, 6.45) is 2.50. The molecule has 5 nitrogen and oxygen atoms in total. The van der Waals surface area contributed by atoms with Crippen LogP contribution in [0.25, 0.3) is 0 Å². The Labute approximate surface area is 190 Å². The van der Waals surface area contributed by atoms with Crippen molar-refractivity contribution >= 4 is 14.2 Å². The van der Waals surface area contributed by atoms with Gasteiger partial charge in [-0.05, 0) is 61.0 Å². The molecule has 176 valence electrons. The van der Waals surface area contributed by atoms with Crippen LogP contribution in [-0.2, 0) is 20.6 Å². The van der Waals surface area contributed by atoms with E-state index >= 15 is 0 Å². The summed E-state index contributed by atoms with van der Waals surface area (Å²) >= 11 is 0. The van der Waals surface area contributed by atoms with Gasteiger partial charge < -0.3 is 19.2 Å². The molecule has 1 aromatic rings. The van der Waals surface area contributed by atoms with E-state index in [1.165, 1.54) is 0 Å². The minimum Gasteiger partial charge on any atom is -0.497 e. The van der Waals surface area contributed by atoms with E-state index in [1.54, 1.807) is 7.11 Å². The maximum atomic E-state index is 12.8. The molecule has 1 aliphatic heterocycles. The Bertz CT molecular complexity index is 696. The van der Waals surface area contributed by atoms with Gasteiger partial charge in [-0.2, -0.15) is 0 Å². The van der Waals surface area contributed by atoms with Crippen LogP contribution >= 0.6 is 0 Å². The van der Waals surface area contributed by atoms with Crippen molar-refractivity contribution in [2.24, 2.45) is 11.8 Å². The molecule has 1 fully saturated rings. The number of nitrogens with one attached hydrogen (secondary N) is 1. The summed E-state index contributed by atoms with van der Waals surface area (Å²) in [4.78, 5) is 12.8. The SMILES string of the molecule is COc1ccc(COCC[C@@H](O[Si](C)(C)C(C)(C)C)[C@H]2C[C@H](CC(C)C)NC2=O)cc1. The van der Waals surface area contributed by atoms with Gasteiger partial charge >= 0.3 is 0 Å². The van der Waals surface area contributed by atoms with E-state index in [4.69, 9.17) is 13.9 Å². The van der Waals surface area contributed by atoms with Gasteiger partial charge in [0.1, 0.15) is 5.75 Å². The van der Waals surface area contributed by atoms with Crippen LogP contribution in [0.15, 0.2) is 24.3 Å². The van der Waals surface area contributed by atoms with Gasteiger partial charge in [0.05, 0.1) is 25.7 Å². The molecule has 1 heterocycles. The predicted molar refractivity (Wildman–Crippen MR) is 129 cm³/mol. The topological polar surface area (TPSA) is 56.8 Å². The highest BCUT2D eigenvalue weighted by Crippen LogP contribution is 2.39. The second-order valence-corrected chi connectivity index (χ2v) is 15.5. The van der Waals surface area contributed by atoms with E-state index in [2.05, 4.69) is 53.0 Å². The van der Waals surface area contributed by atoms with Crippen LogP contribution in [0.3, 0.4) is 0 Å². The molecule has 1 aromatic carbocycles. The minimum atomic E-state index is -2.00. The molecule has 1 amide bonds. The zero-order valence-electron chi connectivity index (χ0n) is 20.8. The van der Waals surface area contributed by atoms with Crippen LogP contribution in [0.5, 0.6) is 5.75 Å². The third kappa shape index (κ3) is 7.61. The molecular formula is C25H43NO4Si. The molecule has 0 aliphatic carbocycles. The molecule has 3 atom stereocenters. The van der Waals surface area contributed by atoms with Crippen LogP contribution in [-0.4, -0.2) is 40.1 Å². The van der Waals surface area contributed by atoms with Crippen molar-refractivity contribution in [3.05, 3.63) is 29.8 Å². The number of carbonyl (C=O) groups excluding carboxylic acids is 1. The van der Waals surface area contributed by atoms with E-state index in [-0.39, 0.29) is 29.0 Å². The van der Waals surface area contributed by atoms with Gasteiger partial charge in [-0.1, -0.05) is 46.8 Å². The Morgan fingerprint density at radius 3 is 2.35 bits per heavy atom. The number of methoxy groups -OCH3 is 1. The van der Waals surface area contributed by atoms with E-state index in [9.17, 15) is 4.79 Å². The smallest absolute Gasteiger partial charge is 0.225 e. The monoisotopic (exact) mass is 449 g/mol. The third-order valence-electron chi connectivity index (χ3n) is 6.65. The summed E-state index contributed by atoms with van der Waals surface area (Å²) < 4.78 is 18.0. The Morgan fingerprint density at radius 2 is 1.81 bits per heavy atom. The van der Waals surface area contributed by atoms with Gasteiger partial charge in [-0.3, -0.25) is 4.79 Å². The zero-order valence-corrected chi connectivity index (χ0v) is 21.8. The highest BCUT2D eigenvalue weighted by Gasteiger charge is 2.44. The zero-order chi connectivity index (χ0) is 23.2. The van der Waals surface area contributed by atoms with Crippen LogP contribution in [0.1, 0.15) is 59.4 Å². The third-order valence-corrected chi connectivity index (χ3v) is 11.2. The molecule has 0 unspecified atom stereocenters. The van der Waals surface area contributed by atoms with Crippen LogP contribution < -0.4 is 10.1 Å². The highest BCUT2D eigenvalue weighted by molar-refractivity contribution is 6.74. The maximum Gasteiger partial charge on any atom is 0.225 e. The summed E-state index contributed by atoms with van der Waals surface area (Å²) in [6.45, 7) is 16.8. The van der Waals surface area contributed by atoms with Crippen molar-refractivity contribution in [2.75, 3.05) is 13.7 Å². The number of hydrogen-bond donors (Lipinski definition) is 1. The number of rotatable bonds is 11. The lowest BCUT2D eigenvalue weighted by Crippen LogP contribution is -2.47. The lowest BCUT2D eigenvalue weighted by Gasteiger charge is -2.40. The van der Waals surface area contributed by atoms with Crippen molar-refractivity contribution in [3.8, 4) is 5.75 Å². The highest BCUT2D eigenvalue weighted by atomic mass is 28.4. The molecule has 2 rings (SSSR count). The molecule has 0 saturated carbocycles. The average molecular weight is 450 g/mol. The first kappa shape index (κ1) is 25.9. The van der Waals surface area contributed by atoms with E-state index in [0.29, 0.717) is 19.1 Å². The summed E-state index contributed by atoms with van der Waals surface area (Å²) in [6, 6.07) is 8.18. The Balaban J connectivity index is 2.00. The Morgan fingerprint density at radius 1 is 1.16 bits per heavy atom. The quantitative estimate of drug-likeness (QED) is 0.356. The first-order chi connectivity index (χ1) is 14.4. The van der Waals surface area contributed by atoms with E-state index < -0.39 is 8.32 Å². The minimum absolute atomic E-state index is 0.0949. The molecule has 0 radical (unpaired) electrons. The second-order valence-electron chi connectivity index (χ2n) is 10.8. The summed E-state index contributed by atoms with van der Waals surface area (Å²) in [5.41, 5.74) is 1.11. The fourth-order valence-electron chi connectivity index (χ4n) is 3.83. The van der Waals surface area contributed by atoms with Crippen LogP contribution in [0, 0.1) is 11.8 Å². The second kappa shape index (κ2) is 11.0. The molecule has 1 N–H and O–H groups in total. The average Bonchev–Trinajstić information content (AvgIpc) is 3.03. The Kier molecular flexibility index (Phi) is 9.16. The van der Waals surface area contributed by atoms with Crippen molar-refractivity contribution in [1.29, 1.82) is 0 Å². The number of hydrogen-bond acceptors (Lipinski definition) is 4. The molecule has 0 aromatic heterocycles. The van der Waals surface area contributed by atoms with Crippen LogP contribution in [0.2, 0.25) is 18.1 Å². The summed E-state index contributed by atoms with van der Waals surface area (Å²) in [5, 5.41) is 3.31. The number of carbonyl (C=O) groups is 1. The van der Waals surface area contributed by atoms with Crippen molar-refractivity contribution < 1.29 is 18.7 Å². The van der Waals surface area contributed by atoms with E-state index in [0.717, 1.165) is 30.6 Å². The lowest BCUT2D eigenvalue weighted by molar-refractivity contribution is -0.125. The predicted octanol–water partition coefficient (Wildman–Crippen LogP) is 5.54. The normalized spacial score (nSPS) is 20.7. The standard InChI is InChI=1S/C25H43NO4Si/c1-18(2)15-20-16-22(24(27)26-20)23(30-31(7,8)25(3,4)5)13-14-29-17-19-9-11-21(28-6)12-10-19/h9-12,18,20,22-23H,13-17H2,1-8H3,(H,26,27)/t20-,22+,23+/m0/s1. The van der Waals surface area contributed by atoms with Crippen molar-refractivity contribution in [3.63, 3.8) is 0 Å². The molecule has 1 saturated heterocycles. The van der Waals surface area contributed by atoms with Gasteiger partial charge in [0.2, 0.25) is 5.91 Å². The summed E-state index contributed by atoms with van der Waals surface area (Å²) in [5.74, 6) is 1.46. The van der Waals surface area contributed by atoms with Gasteiger partial charge in [0, 0.05) is 12.6 Å². The number of benzene rings is 1. The van der Waals surface area contributed by atoms with Gasteiger partial charge in [-0.25, -0.2) is 0 Å². The van der Waals surface area contributed by atoms with Gasteiger partial charge in [0.25, 0.3) is 0 Å². The molecule has 0 spiro atoms. The largest absolute Gasteiger partial charge is 0.497 e. The molecule has 1 aliphatic rings. The molecular weight excluding hydrogens is 406 g/mol. The lowest BCUT2D eigenvalue weighted by atomic mass is 9.93. The van der Waals surface area contributed by atoms with Crippen LogP contribution in [0.4, 0.5) is 0 Å². The fraction of sp³-hybridized carbons (Fsp3) is 0.720. The molecule has 31 heavy (non-hydrogen) atoms. The first-order valence-corrected chi connectivity index (χ1v) is 14.5. The van der Waals surface area contributed by atoms with Gasteiger partial charge in [0.15, 0.2) is 8.32 Å². The van der Waals surface area contributed by atoms with Crippen molar-refractivity contribution in [1.82, 2.24) is 5.32 Å². The fourth-order valence-corrected chi connectivity index (χ4v) is 5.23. The molecule has 6 heteroatoms. The molecule has 0 bridgehead atoms.